The van der Waals surface area contributed by atoms with Gasteiger partial charge < -0.3 is 14.7 Å². The van der Waals surface area contributed by atoms with Crippen LogP contribution in [-0.2, 0) is 0 Å². The average Bonchev–Trinajstić information content (AvgIpc) is 3.14. The second-order valence-electron chi connectivity index (χ2n) is 7.59. The van der Waals surface area contributed by atoms with Crippen molar-refractivity contribution in [1.29, 1.82) is 0 Å². The van der Waals surface area contributed by atoms with E-state index in [0.717, 1.165) is 42.8 Å². The van der Waals surface area contributed by atoms with Crippen LogP contribution in [0.3, 0.4) is 0 Å². The molecule has 1 saturated heterocycles. The first kappa shape index (κ1) is 17.0. The van der Waals surface area contributed by atoms with Crippen molar-refractivity contribution in [1.82, 2.24) is 15.5 Å². The van der Waals surface area contributed by atoms with E-state index in [1.807, 2.05) is 12.1 Å². The van der Waals surface area contributed by atoms with Gasteiger partial charge in [0.2, 0.25) is 0 Å². The molecule has 0 bridgehead atoms. The van der Waals surface area contributed by atoms with Crippen molar-refractivity contribution in [3.63, 3.8) is 0 Å². The van der Waals surface area contributed by atoms with E-state index in [0.29, 0.717) is 18.0 Å². The molecule has 2 aliphatic rings. The van der Waals surface area contributed by atoms with E-state index in [1.165, 1.54) is 5.69 Å². The number of anilines is 1. The maximum atomic E-state index is 12.3. The summed E-state index contributed by atoms with van der Waals surface area (Å²) in [5.41, 5.74) is 2.44. The van der Waals surface area contributed by atoms with Gasteiger partial charge >= 0.3 is 0 Å². The molecule has 28 heavy (non-hydrogen) atoms. The molecule has 3 heterocycles. The molecular weight excluding hydrogens is 352 g/mol. The number of aromatic nitrogens is 2. The van der Waals surface area contributed by atoms with Gasteiger partial charge in [0.05, 0.1) is 0 Å². The Hall–Kier alpha value is -3.15. The molecule has 1 aromatic carbocycles. The molecule has 1 saturated carbocycles. The number of carbonyl (C=O) groups excluding carboxylic acids is 1. The van der Waals surface area contributed by atoms with Crippen LogP contribution in [0.1, 0.15) is 16.9 Å². The lowest BCUT2D eigenvalue weighted by Crippen LogP contribution is -2.27. The number of carbonyl (C=O) groups is 1. The fourth-order valence-electron chi connectivity index (χ4n) is 4.40. The van der Waals surface area contributed by atoms with Gasteiger partial charge in [0.15, 0.2) is 11.5 Å². The summed E-state index contributed by atoms with van der Waals surface area (Å²) in [6.45, 7) is 2.94. The molecular formula is C22H22N4O2. The smallest absolute Gasteiger partial charge is 0.273 e. The molecule has 3 aromatic rings. The van der Waals surface area contributed by atoms with E-state index < -0.39 is 0 Å². The molecule has 1 N–H and O–H groups in total. The minimum absolute atomic E-state index is 0.185. The topological polar surface area (TPSA) is 71.3 Å². The minimum atomic E-state index is -0.185. The van der Waals surface area contributed by atoms with Crippen LogP contribution in [0.4, 0.5) is 5.69 Å². The third kappa shape index (κ3) is 3.26. The summed E-state index contributed by atoms with van der Waals surface area (Å²) in [5.74, 6) is 2.62. The highest BCUT2D eigenvalue weighted by atomic mass is 16.5. The largest absolute Gasteiger partial charge is 0.371 e. The lowest BCUT2D eigenvalue weighted by Gasteiger charge is -2.21. The fourth-order valence-corrected chi connectivity index (χ4v) is 4.40. The first-order valence-corrected chi connectivity index (χ1v) is 9.75. The number of fused-ring (bicyclic) bond motifs is 1. The van der Waals surface area contributed by atoms with Gasteiger partial charge in [0.1, 0.15) is 0 Å². The normalized spacial score (nSPS) is 22.7. The zero-order chi connectivity index (χ0) is 18.9. The molecule has 142 valence electrons. The van der Waals surface area contributed by atoms with Crippen LogP contribution >= 0.6 is 0 Å². The Balaban J connectivity index is 1.09. The molecule has 3 atom stereocenters. The number of piperidine rings is 1. The van der Waals surface area contributed by atoms with Crippen LogP contribution in [-0.4, -0.2) is 35.7 Å². The number of rotatable bonds is 6. The molecule has 0 spiro atoms. The summed E-state index contributed by atoms with van der Waals surface area (Å²) in [5, 5.41) is 6.86. The van der Waals surface area contributed by atoms with Crippen molar-refractivity contribution >= 4 is 11.6 Å². The van der Waals surface area contributed by atoms with Gasteiger partial charge in [0.25, 0.3) is 5.91 Å². The quantitative estimate of drug-likeness (QED) is 0.717. The van der Waals surface area contributed by atoms with Crippen molar-refractivity contribution in [2.45, 2.75) is 6.42 Å². The highest BCUT2D eigenvalue weighted by molar-refractivity contribution is 5.93. The predicted molar refractivity (Wildman–Crippen MR) is 106 cm³/mol. The minimum Gasteiger partial charge on any atom is -0.371 e. The molecule has 0 radical (unpaired) electrons. The number of nitrogens with one attached hydrogen (secondary N) is 1. The number of hydrogen-bond acceptors (Lipinski definition) is 5. The van der Waals surface area contributed by atoms with Crippen molar-refractivity contribution in [2.75, 3.05) is 24.5 Å². The number of para-hydroxylation sites is 1. The lowest BCUT2D eigenvalue weighted by atomic mass is 10.1. The molecule has 5 rings (SSSR count). The van der Waals surface area contributed by atoms with Gasteiger partial charge in [-0.05, 0) is 48.4 Å². The van der Waals surface area contributed by atoms with Gasteiger partial charge in [-0.3, -0.25) is 9.78 Å². The van der Waals surface area contributed by atoms with E-state index in [-0.39, 0.29) is 5.91 Å². The fraction of sp³-hybridized carbons (Fsp3) is 0.318. The molecule has 0 unspecified atom stereocenters. The van der Waals surface area contributed by atoms with Gasteiger partial charge in [-0.15, -0.1) is 0 Å². The Morgan fingerprint density at radius 3 is 2.71 bits per heavy atom. The molecule has 2 fully saturated rings. The van der Waals surface area contributed by atoms with E-state index in [4.69, 9.17) is 4.52 Å². The Morgan fingerprint density at radius 1 is 1.14 bits per heavy atom. The van der Waals surface area contributed by atoms with Crippen molar-refractivity contribution < 1.29 is 9.32 Å². The molecule has 1 aliphatic carbocycles. The molecule has 1 aliphatic heterocycles. The Kier molecular flexibility index (Phi) is 4.31. The Labute approximate surface area is 163 Å². The zero-order valence-electron chi connectivity index (χ0n) is 15.5. The van der Waals surface area contributed by atoms with E-state index in [2.05, 4.69) is 50.7 Å². The second-order valence-corrected chi connectivity index (χ2v) is 7.59. The van der Waals surface area contributed by atoms with Crippen LogP contribution in [0.15, 0.2) is 65.4 Å². The maximum absolute atomic E-state index is 12.3. The predicted octanol–water partition coefficient (Wildman–Crippen LogP) is 3.24. The summed E-state index contributed by atoms with van der Waals surface area (Å²) in [6, 6.07) is 16.0. The number of pyridine rings is 1. The first-order valence-electron chi connectivity index (χ1n) is 9.75. The lowest BCUT2D eigenvalue weighted by molar-refractivity contribution is 0.0943. The number of amides is 1. The molecule has 2 aromatic heterocycles. The van der Waals surface area contributed by atoms with Gasteiger partial charge in [0, 0.05) is 49.3 Å². The number of nitrogens with zero attached hydrogens (tertiary/aromatic N) is 3. The monoisotopic (exact) mass is 374 g/mol. The van der Waals surface area contributed by atoms with Crippen molar-refractivity contribution in [2.24, 2.45) is 17.8 Å². The summed E-state index contributed by atoms with van der Waals surface area (Å²) >= 11 is 0. The first-order chi connectivity index (χ1) is 13.8. The highest BCUT2D eigenvalue weighted by Crippen LogP contribution is 2.54. The van der Waals surface area contributed by atoms with E-state index >= 15 is 0 Å². The average molecular weight is 374 g/mol. The zero-order valence-corrected chi connectivity index (χ0v) is 15.5. The number of benzene rings is 1. The van der Waals surface area contributed by atoms with Crippen molar-refractivity contribution in [3.05, 3.63) is 66.6 Å². The Morgan fingerprint density at radius 2 is 1.96 bits per heavy atom. The number of hydrogen-bond donors (Lipinski definition) is 1. The standard InChI is InChI=1S/C22H22N4O2/c27-22(20-11-21(28-25-20)15-5-4-9-23-12-15)24-10-8-17-18-13-26(14-19(17)18)16-6-2-1-3-7-16/h1-7,9,11-12,17-19H,8,10,13-14H2,(H,24,27)/t17-,18-,19+. The summed E-state index contributed by atoms with van der Waals surface area (Å²) in [7, 11) is 0. The van der Waals surface area contributed by atoms with Crippen LogP contribution in [0, 0.1) is 17.8 Å². The second kappa shape index (κ2) is 7.11. The van der Waals surface area contributed by atoms with Crippen LogP contribution < -0.4 is 10.2 Å². The third-order valence-electron chi connectivity index (χ3n) is 5.94. The third-order valence-corrected chi connectivity index (χ3v) is 5.94. The summed E-state index contributed by atoms with van der Waals surface area (Å²) in [4.78, 5) is 18.8. The Bertz CT molecular complexity index is 945. The van der Waals surface area contributed by atoms with Crippen LogP contribution in [0.25, 0.3) is 11.3 Å². The maximum Gasteiger partial charge on any atom is 0.273 e. The SMILES string of the molecule is O=C(NCC[C@@H]1[C@H]2CN(c3ccccc3)C[C@@H]12)c1cc(-c2cccnc2)on1. The molecule has 6 nitrogen and oxygen atoms in total. The van der Waals surface area contributed by atoms with Crippen LogP contribution in [0.5, 0.6) is 0 Å². The summed E-state index contributed by atoms with van der Waals surface area (Å²) < 4.78 is 5.27. The van der Waals surface area contributed by atoms with Gasteiger partial charge in [-0.25, -0.2) is 0 Å². The highest BCUT2D eigenvalue weighted by Gasteiger charge is 2.54. The van der Waals surface area contributed by atoms with E-state index in [9.17, 15) is 4.79 Å². The van der Waals surface area contributed by atoms with Gasteiger partial charge in [-0.2, -0.15) is 0 Å². The van der Waals surface area contributed by atoms with Gasteiger partial charge in [-0.1, -0.05) is 23.4 Å². The van der Waals surface area contributed by atoms with Crippen LogP contribution in [0.2, 0.25) is 0 Å². The summed E-state index contributed by atoms with van der Waals surface area (Å²) in [6.07, 6.45) is 4.41. The molecule has 1 amide bonds. The van der Waals surface area contributed by atoms with Crippen molar-refractivity contribution in [3.8, 4) is 11.3 Å². The van der Waals surface area contributed by atoms with E-state index in [1.54, 1.807) is 18.5 Å². The molecule has 6 heteroatoms.